The number of rotatable bonds is 4. The van der Waals surface area contributed by atoms with Gasteiger partial charge in [0.1, 0.15) is 0 Å². The summed E-state index contributed by atoms with van der Waals surface area (Å²) in [4.78, 5) is 0. The Morgan fingerprint density at radius 1 is 1.10 bits per heavy atom. The van der Waals surface area contributed by atoms with Crippen LogP contribution in [-0.2, 0) is 6.42 Å². The van der Waals surface area contributed by atoms with E-state index in [4.69, 9.17) is 5.84 Å². The van der Waals surface area contributed by atoms with Crippen molar-refractivity contribution in [3.63, 3.8) is 0 Å². The average molecular weight is 280 g/mol. The number of nitrogens with one attached hydrogen (secondary N) is 1. The van der Waals surface area contributed by atoms with Crippen LogP contribution < -0.4 is 11.3 Å². The highest BCUT2D eigenvalue weighted by Gasteiger charge is 2.17. The van der Waals surface area contributed by atoms with E-state index in [1.165, 1.54) is 0 Å². The Morgan fingerprint density at radius 2 is 1.70 bits per heavy atom. The molecule has 0 fully saturated rings. The van der Waals surface area contributed by atoms with Gasteiger partial charge in [-0.1, -0.05) is 24.3 Å². The summed E-state index contributed by atoms with van der Waals surface area (Å²) in [5.74, 6) is 1.55. The molecule has 106 valence electrons. The highest BCUT2D eigenvalue weighted by molar-refractivity contribution is 5.30. The van der Waals surface area contributed by atoms with Crippen molar-refractivity contribution >= 4 is 0 Å². The maximum absolute atomic E-state index is 13.3. The highest BCUT2D eigenvalue weighted by Crippen LogP contribution is 2.23. The van der Waals surface area contributed by atoms with Crippen LogP contribution in [0.1, 0.15) is 22.7 Å². The van der Waals surface area contributed by atoms with Crippen LogP contribution in [0.15, 0.2) is 36.4 Å². The fraction of sp³-hybridized carbons (Fsp3) is 0.200. The molecule has 0 bridgehead atoms. The van der Waals surface area contributed by atoms with Crippen LogP contribution >= 0.6 is 0 Å². The van der Waals surface area contributed by atoms with Crippen molar-refractivity contribution in [3.8, 4) is 0 Å². The van der Waals surface area contributed by atoms with Crippen molar-refractivity contribution in [2.75, 3.05) is 0 Å². The molecule has 0 amide bonds. The number of nitrogens with two attached hydrogens (primary N) is 1. The Morgan fingerprint density at radius 3 is 2.25 bits per heavy atom. The van der Waals surface area contributed by atoms with Crippen LogP contribution in [-0.4, -0.2) is 0 Å². The average Bonchev–Trinajstić information content (AvgIpc) is 2.43. The summed E-state index contributed by atoms with van der Waals surface area (Å²) < 4.78 is 39.5. The summed E-state index contributed by atoms with van der Waals surface area (Å²) in [7, 11) is 0. The van der Waals surface area contributed by atoms with Gasteiger partial charge in [-0.2, -0.15) is 0 Å². The van der Waals surface area contributed by atoms with E-state index in [1.54, 1.807) is 0 Å². The monoisotopic (exact) mass is 280 g/mol. The van der Waals surface area contributed by atoms with Gasteiger partial charge >= 0.3 is 0 Å². The van der Waals surface area contributed by atoms with E-state index in [9.17, 15) is 13.2 Å². The first-order valence-corrected chi connectivity index (χ1v) is 6.18. The Labute approximate surface area is 115 Å². The van der Waals surface area contributed by atoms with Gasteiger partial charge in [0.2, 0.25) is 0 Å². The third kappa shape index (κ3) is 3.00. The minimum absolute atomic E-state index is 0.271. The lowest BCUT2D eigenvalue weighted by atomic mass is 9.96. The van der Waals surface area contributed by atoms with Crippen LogP contribution in [0.3, 0.4) is 0 Å². The molecule has 0 heterocycles. The Hall–Kier alpha value is -1.85. The summed E-state index contributed by atoms with van der Waals surface area (Å²) in [6, 6.07) is 9.05. The maximum atomic E-state index is 13.3. The quantitative estimate of drug-likeness (QED) is 0.513. The third-order valence-corrected chi connectivity index (χ3v) is 3.29. The largest absolute Gasteiger partial charge is 0.271 e. The molecule has 0 aromatic heterocycles. The topological polar surface area (TPSA) is 38.0 Å². The van der Waals surface area contributed by atoms with Crippen LogP contribution in [0.4, 0.5) is 13.2 Å². The van der Waals surface area contributed by atoms with E-state index < -0.39 is 23.5 Å². The van der Waals surface area contributed by atoms with Gasteiger partial charge in [0.15, 0.2) is 17.5 Å². The van der Waals surface area contributed by atoms with Crippen molar-refractivity contribution in [2.24, 2.45) is 5.84 Å². The molecule has 3 N–H and O–H groups in total. The molecule has 0 aliphatic carbocycles. The first-order valence-electron chi connectivity index (χ1n) is 6.18. The van der Waals surface area contributed by atoms with Crippen LogP contribution in [0.2, 0.25) is 0 Å². The molecule has 0 aliphatic heterocycles. The molecule has 2 nitrogen and oxygen atoms in total. The summed E-state index contributed by atoms with van der Waals surface area (Å²) in [5.41, 5.74) is 4.83. The predicted octanol–water partition coefficient (Wildman–Crippen LogP) is 3.16. The molecule has 0 spiro atoms. The molecule has 2 aromatic carbocycles. The van der Waals surface area contributed by atoms with Gasteiger partial charge in [-0.05, 0) is 42.2 Å². The van der Waals surface area contributed by atoms with Crippen molar-refractivity contribution in [1.82, 2.24) is 5.43 Å². The predicted molar refractivity (Wildman–Crippen MR) is 71.3 cm³/mol. The van der Waals surface area contributed by atoms with Crippen LogP contribution in [0.5, 0.6) is 0 Å². The SMILES string of the molecule is Cc1ccccc1CC(NN)c1cc(F)c(F)c(F)c1. The molecule has 1 unspecified atom stereocenters. The standard InChI is InChI=1S/C15H15F3N2/c1-9-4-2-3-5-10(9)8-14(20-19)11-6-12(16)15(18)13(17)7-11/h2-7,14,20H,8,19H2,1H3. The Kier molecular flexibility index (Phi) is 4.42. The van der Waals surface area contributed by atoms with Crippen molar-refractivity contribution < 1.29 is 13.2 Å². The number of halogens is 3. The van der Waals surface area contributed by atoms with Gasteiger partial charge in [0, 0.05) is 0 Å². The molecule has 0 radical (unpaired) electrons. The first kappa shape index (κ1) is 14.6. The minimum Gasteiger partial charge on any atom is -0.271 e. The molecule has 2 rings (SSSR count). The van der Waals surface area contributed by atoms with E-state index in [1.807, 2.05) is 31.2 Å². The van der Waals surface area contributed by atoms with E-state index in [-0.39, 0.29) is 5.56 Å². The number of aryl methyl sites for hydroxylation is 1. The Bertz CT molecular complexity index is 591. The summed E-state index contributed by atoms with van der Waals surface area (Å²) >= 11 is 0. The van der Waals surface area contributed by atoms with Gasteiger partial charge in [-0.25, -0.2) is 13.2 Å². The molecule has 0 aliphatic rings. The number of hydrazine groups is 1. The van der Waals surface area contributed by atoms with Gasteiger partial charge in [0.05, 0.1) is 6.04 Å². The van der Waals surface area contributed by atoms with E-state index in [2.05, 4.69) is 5.43 Å². The van der Waals surface area contributed by atoms with E-state index in [0.717, 1.165) is 23.3 Å². The number of benzene rings is 2. The number of hydrogen-bond acceptors (Lipinski definition) is 2. The minimum atomic E-state index is -1.47. The summed E-state index contributed by atoms with van der Waals surface area (Å²) in [6.07, 6.45) is 0.452. The van der Waals surface area contributed by atoms with Gasteiger partial charge in [-0.3, -0.25) is 11.3 Å². The van der Waals surface area contributed by atoms with Crippen molar-refractivity contribution in [2.45, 2.75) is 19.4 Å². The molecular formula is C15H15F3N2. The zero-order valence-electron chi connectivity index (χ0n) is 11.0. The maximum Gasteiger partial charge on any atom is 0.194 e. The van der Waals surface area contributed by atoms with Gasteiger partial charge in [-0.15, -0.1) is 0 Å². The second-order valence-corrected chi connectivity index (χ2v) is 4.65. The van der Waals surface area contributed by atoms with E-state index in [0.29, 0.717) is 6.42 Å². The zero-order valence-corrected chi connectivity index (χ0v) is 11.0. The van der Waals surface area contributed by atoms with Crippen molar-refractivity contribution in [3.05, 3.63) is 70.5 Å². The molecular weight excluding hydrogens is 265 g/mol. The van der Waals surface area contributed by atoms with Gasteiger partial charge < -0.3 is 0 Å². The second-order valence-electron chi connectivity index (χ2n) is 4.65. The molecule has 0 saturated carbocycles. The molecule has 2 aromatic rings. The fourth-order valence-electron chi connectivity index (χ4n) is 2.11. The normalized spacial score (nSPS) is 12.4. The molecule has 5 heteroatoms. The van der Waals surface area contributed by atoms with Crippen LogP contribution in [0, 0.1) is 24.4 Å². The lowest BCUT2D eigenvalue weighted by Crippen LogP contribution is -2.30. The lowest BCUT2D eigenvalue weighted by molar-refractivity contribution is 0.439. The first-order chi connectivity index (χ1) is 9.52. The molecule has 0 saturated heterocycles. The zero-order chi connectivity index (χ0) is 14.7. The van der Waals surface area contributed by atoms with E-state index >= 15 is 0 Å². The fourth-order valence-corrected chi connectivity index (χ4v) is 2.11. The third-order valence-electron chi connectivity index (χ3n) is 3.29. The second kappa shape index (κ2) is 6.07. The molecule has 1 atom stereocenters. The molecule has 20 heavy (non-hydrogen) atoms. The van der Waals surface area contributed by atoms with Crippen molar-refractivity contribution in [1.29, 1.82) is 0 Å². The summed E-state index contributed by atoms with van der Waals surface area (Å²) in [5, 5.41) is 0. The number of hydrogen-bond donors (Lipinski definition) is 2. The summed E-state index contributed by atoms with van der Waals surface area (Å²) in [6.45, 7) is 1.94. The Balaban J connectivity index is 2.31. The van der Waals surface area contributed by atoms with Gasteiger partial charge in [0.25, 0.3) is 0 Å². The lowest BCUT2D eigenvalue weighted by Gasteiger charge is -2.18. The highest BCUT2D eigenvalue weighted by atomic mass is 19.2. The van der Waals surface area contributed by atoms with Crippen LogP contribution in [0.25, 0.3) is 0 Å². The smallest absolute Gasteiger partial charge is 0.194 e.